The monoisotopic (exact) mass is 350 g/mol. The lowest BCUT2D eigenvalue weighted by molar-refractivity contribution is 0.618. The molecule has 1 aromatic heterocycles. The molecule has 0 amide bonds. The van der Waals surface area contributed by atoms with Crippen molar-refractivity contribution in [2.45, 2.75) is 38.5 Å². The fourth-order valence-corrected chi connectivity index (χ4v) is 3.39. The number of aromatic amines is 1. The van der Waals surface area contributed by atoms with Crippen molar-refractivity contribution in [2.24, 2.45) is 0 Å². The predicted molar refractivity (Wildman–Crippen MR) is 83.9 cm³/mol. The second kappa shape index (κ2) is 5.72. The summed E-state index contributed by atoms with van der Waals surface area (Å²) in [7, 11) is 0. The number of H-pyrrole nitrogens is 1. The van der Waals surface area contributed by atoms with Gasteiger partial charge in [-0.05, 0) is 59.5 Å². The molecule has 1 N–H and O–H groups in total. The van der Waals surface area contributed by atoms with Gasteiger partial charge >= 0.3 is 0 Å². The van der Waals surface area contributed by atoms with Gasteiger partial charge in [-0.25, -0.2) is 9.37 Å². The molecule has 2 aromatic rings. The summed E-state index contributed by atoms with van der Waals surface area (Å²) in [5.41, 5.74) is 1.93. The first-order valence-electron chi connectivity index (χ1n) is 7.12. The smallest absolute Gasteiger partial charge is 0.265 e. The molecule has 3 rings (SSSR count). The molecule has 21 heavy (non-hydrogen) atoms. The molecule has 1 aliphatic carbocycles. The zero-order chi connectivity index (χ0) is 15.0. The number of nitrogens with one attached hydrogen (secondary N) is 1. The minimum atomic E-state index is -0.255. The van der Waals surface area contributed by atoms with Crippen LogP contribution in [-0.2, 0) is 0 Å². The van der Waals surface area contributed by atoms with Crippen molar-refractivity contribution in [3.63, 3.8) is 0 Å². The number of halogens is 2. The molecule has 0 aliphatic heterocycles. The van der Waals surface area contributed by atoms with Gasteiger partial charge in [0.2, 0.25) is 0 Å². The third-order valence-corrected chi connectivity index (χ3v) is 4.83. The van der Waals surface area contributed by atoms with Crippen LogP contribution in [0.1, 0.15) is 42.9 Å². The number of aryl methyl sites for hydroxylation is 1. The van der Waals surface area contributed by atoms with Crippen molar-refractivity contribution in [3.8, 4) is 11.4 Å². The molecule has 1 saturated carbocycles. The normalized spacial score (nSPS) is 15.6. The van der Waals surface area contributed by atoms with Crippen molar-refractivity contribution < 1.29 is 4.39 Å². The quantitative estimate of drug-likeness (QED) is 0.877. The Morgan fingerprint density at radius 2 is 2.05 bits per heavy atom. The topological polar surface area (TPSA) is 45.8 Å². The zero-order valence-corrected chi connectivity index (χ0v) is 13.3. The molecule has 1 heterocycles. The van der Waals surface area contributed by atoms with Crippen LogP contribution in [0.5, 0.6) is 0 Å². The fraction of sp³-hybridized carbons (Fsp3) is 0.375. The zero-order valence-electron chi connectivity index (χ0n) is 11.7. The maximum absolute atomic E-state index is 13.4. The van der Waals surface area contributed by atoms with Crippen LogP contribution in [0.4, 0.5) is 4.39 Å². The average Bonchev–Trinajstić information content (AvgIpc) is 2.98. The van der Waals surface area contributed by atoms with Gasteiger partial charge < -0.3 is 4.98 Å². The molecule has 0 radical (unpaired) electrons. The third kappa shape index (κ3) is 2.79. The lowest BCUT2D eigenvalue weighted by Gasteiger charge is -2.12. The summed E-state index contributed by atoms with van der Waals surface area (Å²) in [5, 5.41) is 0. The van der Waals surface area contributed by atoms with Crippen LogP contribution in [0.25, 0.3) is 11.4 Å². The van der Waals surface area contributed by atoms with Crippen LogP contribution >= 0.6 is 15.9 Å². The van der Waals surface area contributed by atoms with E-state index >= 15 is 0 Å². The molecule has 1 aromatic carbocycles. The second-order valence-corrected chi connectivity index (χ2v) is 6.35. The second-order valence-electron chi connectivity index (χ2n) is 5.56. The van der Waals surface area contributed by atoms with E-state index < -0.39 is 0 Å². The number of hydrogen-bond donors (Lipinski definition) is 1. The number of benzene rings is 1. The largest absolute Gasteiger partial charge is 0.306 e. The van der Waals surface area contributed by atoms with Crippen LogP contribution < -0.4 is 5.56 Å². The number of nitrogens with zero attached hydrogens (tertiary/aromatic N) is 1. The molecule has 1 aliphatic rings. The van der Waals surface area contributed by atoms with Crippen LogP contribution in [-0.4, -0.2) is 9.97 Å². The Balaban J connectivity index is 2.10. The Morgan fingerprint density at radius 3 is 2.71 bits per heavy atom. The Hall–Kier alpha value is -1.49. The van der Waals surface area contributed by atoms with E-state index in [1.165, 1.54) is 18.9 Å². The SMILES string of the molecule is Cc1cc(-c2nc(C3CCCC3)c(Br)c(=O)[nH]2)ccc1F. The summed E-state index contributed by atoms with van der Waals surface area (Å²) in [6, 6.07) is 4.76. The van der Waals surface area contributed by atoms with Crippen molar-refractivity contribution >= 4 is 15.9 Å². The first kappa shape index (κ1) is 14.4. The van der Waals surface area contributed by atoms with Crippen molar-refractivity contribution in [1.82, 2.24) is 9.97 Å². The van der Waals surface area contributed by atoms with Crippen LogP contribution in [0.15, 0.2) is 27.5 Å². The highest BCUT2D eigenvalue weighted by Gasteiger charge is 2.23. The van der Waals surface area contributed by atoms with Gasteiger partial charge in [0.25, 0.3) is 5.56 Å². The lowest BCUT2D eigenvalue weighted by Crippen LogP contribution is -2.15. The summed E-state index contributed by atoms with van der Waals surface area (Å²) in [5.74, 6) is 0.587. The first-order valence-corrected chi connectivity index (χ1v) is 7.92. The van der Waals surface area contributed by atoms with Crippen LogP contribution in [0.3, 0.4) is 0 Å². The molecule has 110 valence electrons. The van der Waals surface area contributed by atoms with E-state index in [0.29, 0.717) is 21.8 Å². The Kier molecular flexibility index (Phi) is 3.93. The Morgan fingerprint density at radius 1 is 1.33 bits per heavy atom. The van der Waals surface area contributed by atoms with E-state index in [9.17, 15) is 9.18 Å². The Labute approximate surface area is 130 Å². The van der Waals surface area contributed by atoms with E-state index in [1.807, 2.05) is 0 Å². The van der Waals surface area contributed by atoms with Crippen molar-refractivity contribution in [1.29, 1.82) is 0 Å². The fourth-order valence-electron chi connectivity index (χ4n) is 2.87. The van der Waals surface area contributed by atoms with E-state index in [1.54, 1.807) is 19.1 Å². The summed E-state index contributed by atoms with van der Waals surface area (Å²) < 4.78 is 13.9. The van der Waals surface area contributed by atoms with Crippen molar-refractivity contribution in [3.05, 3.63) is 50.1 Å². The van der Waals surface area contributed by atoms with Gasteiger partial charge in [-0.15, -0.1) is 0 Å². The lowest BCUT2D eigenvalue weighted by atomic mass is 10.0. The molecular formula is C16H16BrFN2O. The van der Waals surface area contributed by atoms with Crippen LogP contribution in [0.2, 0.25) is 0 Å². The van der Waals surface area contributed by atoms with Gasteiger partial charge in [0.1, 0.15) is 16.1 Å². The minimum absolute atomic E-state index is 0.177. The van der Waals surface area contributed by atoms with Gasteiger partial charge in [0.05, 0.1) is 5.69 Å². The summed E-state index contributed by atoms with van der Waals surface area (Å²) in [4.78, 5) is 19.5. The highest BCUT2D eigenvalue weighted by atomic mass is 79.9. The van der Waals surface area contributed by atoms with Gasteiger partial charge in [-0.1, -0.05) is 12.8 Å². The third-order valence-electron chi connectivity index (χ3n) is 4.06. The highest BCUT2D eigenvalue weighted by Crippen LogP contribution is 2.36. The standard InChI is InChI=1S/C16H16BrFN2O/c1-9-8-11(6-7-12(9)18)15-19-14(10-4-2-3-5-10)13(17)16(21)20-15/h6-8,10H,2-5H2,1H3,(H,19,20,21). The van der Waals surface area contributed by atoms with E-state index in [2.05, 4.69) is 25.9 Å². The molecule has 5 heteroatoms. The van der Waals surface area contributed by atoms with Crippen LogP contribution in [0, 0.1) is 12.7 Å². The minimum Gasteiger partial charge on any atom is -0.306 e. The molecule has 0 spiro atoms. The van der Waals surface area contributed by atoms with Gasteiger partial charge in [-0.3, -0.25) is 4.79 Å². The molecule has 0 atom stereocenters. The molecule has 0 unspecified atom stereocenters. The van der Waals surface area contributed by atoms with E-state index in [4.69, 9.17) is 0 Å². The van der Waals surface area contributed by atoms with Gasteiger partial charge in [0.15, 0.2) is 0 Å². The highest BCUT2D eigenvalue weighted by molar-refractivity contribution is 9.10. The van der Waals surface area contributed by atoms with Gasteiger partial charge in [-0.2, -0.15) is 0 Å². The molecule has 0 saturated heterocycles. The van der Waals surface area contributed by atoms with E-state index in [-0.39, 0.29) is 11.4 Å². The Bertz CT molecular complexity index is 736. The molecule has 1 fully saturated rings. The summed E-state index contributed by atoms with van der Waals surface area (Å²) >= 11 is 3.36. The average molecular weight is 351 g/mol. The first-order chi connectivity index (χ1) is 10.1. The summed E-state index contributed by atoms with van der Waals surface area (Å²) in [6.07, 6.45) is 4.49. The maximum Gasteiger partial charge on any atom is 0.265 e. The number of aromatic nitrogens is 2. The number of rotatable bonds is 2. The van der Waals surface area contributed by atoms with E-state index in [0.717, 1.165) is 24.1 Å². The van der Waals surface area contributed by atoms with Gasteiger partial charge in [0, 0.05) is 11.5 Å². The molecule has 3 nitrogen and oxygen atoms in total. The van der Waals surface area contributed by atoms with Crippen molar-refractivity contribution in [2.75, 3.05) is 0 Å². The number of hydrogen-bond acceptors (Lipinski definition) is 2. The maximum atomic E-state index is 13.4. The molecular weight excluding hydrogens is 335 g/mol. The molecule has 0 bridgehead atoms. The predicted octanol–water partition coefficient (Wildman–Crippen LogP) is 4.30. The summed E-state index contributed by atoms with van der Waals surface area (Å²) in [6.45, 7) is 1.70.